The van der Waals surface area contributed by atoms with Crippen molar-refractivity contribution in [3.8, 4) is 0 Å². The first-order chi connectivity index (χ1) is 9.62. The van der Waals surface area contributed by atoms with Crippen LogP contribution in [0.25, 0.3) is 5.57 Å². The lowest BCUT2D eigenvalue weighted by Gasteiger charge is -2.21. The summed E-state index contributed by atoms with van der Waals surface area (Å²) in [6.07, 6.45) is -0.832. The third kappa shape index (κ3) is 2.99. The van der Waals surface area contributed by atoms with Gasteiger partial charge in [0.25, 0.3) is 0 Å². The molecule has 1 unspecified atom stereocenters. The molecule has 5 heteroatoms. The standard InChI is InChI=1S/C16H16Cl2O3/c1-8-12(9-5-6-10(17)11(18)7-9)15(20)21-13(8)14(19)16(2,3)4/h5-7,13H,1-4H3. The Morgan fingerprint density at radius 2 is 1.81 bits per heavy atom. The van der Waals surface area contributed by atoms with E-state index in [0.29, 0.717) is 26.8 Å². The monoisotopic (exact) mass is 326 g/mol. The minimum atomic E-state index is -0.832. The highest BCUT2D eigenvalue weighted by Gasteiger charge is 2.41. The van der Waals surface area contributed by atoms with Gasteiger partial charge >= 0.3 is 5.97 Å². The van der Waals surface area contributed by atoms with Crippen LogP contribution in [0.4, 0.5) is 0 Å². The van der Waals surface area contributed by atoms with Crippen LogP contribution in [0, 0.1) is 5.41 Å². The van der Waals surface area contributed by atoms with E-state index in [1.54, 1.807) is 45.9 Å². The maximum atomic E-state index is 12.4. The maximum Gasteiger partial charge on any atom is 0.339 e. The highest BCUT2D eigenvalue weighted by Crippen LogP contribution is 2.36. The van der Waals surface area contributed by atoms with E-state index >= 15 is 0 Å². The molecule has 0 aromatic heterocycles. The Morgan fingerprint density at radius 3 is 2.33 bits per heavy atom. The maximum absolute atomic E-state index is 12.4. The number of ether oxygens (including phenoxy) is 1. The molecule has 0 amide bonds. The number of Topliss-reactive ketones (excluding diaryl/α,β-unsaturated/α-hetero) is 1. The van der Waals surface area contributed by atoms with Crippen molar-refractivity contribution in [1.29, 1.82) is 0 Å². The van der Waals surface area contributed by atoms with Crippen molar-refractivity contribution in [3.63, 3.8) is 0 Å². The average Bonchev–Trinajstić information content (AvgIpc) is 2.66. The summed E-state index contributed by atoms with van der Waals surface area (Å²) in [5, 5.41) is 0.764. The van der Waals surface area contributed by atoms with Gasteiger partial charge < -0.3 is 4.74 Å². The van der Waals surface area contributed by atoms with E-state index in [9.17, 15) is 9.59 Å². The van der Waals surface area contributed by atoms with Gasteiger partial charge in [-0.3, -0.25) is 4.79 Å². The van der Waals surface area contributed by atoms with Crippen LogP contribution < -0.4 is 0 Å². The van der Waals surface area contributed by atoms with E-state index < -0.39 is 17.5 Å². The third-order valence-corrected chi connectivity index (χ3v) is 4.14. The van der Waals surface area contributed by atoms with Crippen molar-refractivity contribution in [3.05, 3.63) is 39.4 Å². The molecule has 1 heterocycles. The SMILES string of the molecule is CC1=C(c2ccc(Cl)c(Cl)c2)C(=O)OC1C(=O)C(C)(C)C. The summed E-state index contributed by atoms with van der Waals surface area (Å²) < 4.78 is 5.26. The molecule has 0 aliphatic carbocycles. The molecule has 0 spiro atoms. The molecule has 1 aromatic carbocycles. The molecule has 2 rings (SSSR count). The van der Waals surface area contributed by atoms with Gasteiger partial charge in [0.05, 0.1) is 15.6 Å². The number of hydrogen-bond acceptors (Lipinski definition) is 3. The molecule has 0 N–H and O–H groups in total. The van der Waals surface area contributed by atoms with Crippen LogP contribution in [0.1, 0.15) is 33.3 Å². The predicted molar refractivity (Wildman–Crippen MR) is 83.4 cm³/mol. The molecule has 0 bridgehead atoms. The number of benzene rings is 1. The lowest BCUT2D eigenvalue weighted by atomic mass is 9.84. The van der Waals surface area contributed by atoms with Crippen LogP contribution in [0.15, 0.2) is 23.8 Å². The first-order valence-electron chi connectivity index (χ1n) is 6.54. The molecular formula is C16H16Cl2O3. The highest BCUT2D eigenvalue weighted by molar-refractivity contribution is 6.42. The van der Waals surface area contributed by atoms with Gasteiger partial charge in [0, 0.05) is 5.41 Å². The van der Waals surface area contributed by atoms with Crippen molar-refractivity contribution in [2.24, 2.45) is 5.41 Å². The number of carbonyl (C=O) groups is 2. The number of rotatable bonds is 2. The lowest BCUT2D eigenvalue weighted by molar-refractivity contribution is -0.148. The molecule has 112 valence electrons. The summed E-state index contributed by atoms with van der Waals surface area (Å²) in [5.74, 6) is -0.628. The van der Waals surface area contributed by atoms with E-state index in [4.69, 9.17) is 27.9 Å². The highest BCUT2D eigenvalue weighted by atomic mass is 35.5. The smallest absolute Gasteiger partial charge is 0.339 e. The Balaban J connectivity index is 2.47. The molecule has 0 saturated carbocycles. The number of halogens is 2. The quantitative estimate of drug-likeness (QED) is 0.760. The van der Waals surface area contributed by atoms with Gasteiger partial charge in [-0.15, -0.1) is 0 Å². The zero-order chi connectivity index (χ0) is 15.9. The van der Waals surface area contributed by atoms with Crippen LogP contribution >= 0.6 is 23.2 Å². The van der Waals surface area contributed by atoms with Gasteiger partial charge in [-0.2, -0.15) is 0 Å². The largest absolute Gasteiger partial charge is 0.446 e. The van der Waals surface area contributed by atoms with Gasteiger partial charge in [0.2, 0.25) is 0 Å². The van der Waals surface area contributed by atoms with E-state index in [1.165, 1.54) is 0 Å². The van der Waals surface area contributed by atoms with Crippen molar-refractivity contribution < 1.29 is 14.3 Å². The second-order valence-electron chi connectivity index (χ2n) is 6.09. The Labute approximate surface area is 133 Å². The molecule has 1 atom stereocenters. The van der Waals surface area contributed by atoms with E-state index in [0.717, 1.165) is 0 Å². The van der Waals surface area contributed by atoms with Gasteiger partial charge in [0.1, 0.15) is 0 Å². The molecule has 21 heavy (non-hydrogen) atoms. The summed E-state index contributed by atoms with van der Waals surface area (Å²) in [6.45, 7) is 7.13. The summed E-state index contributed by atoms with van der Waals surface area (Å²) >= 11 is 11.9. The van der Waals surface area contributed by atoms with Gasteiger partial charge in [-0.05, 0) is 30.2 Å². The van der Waals surface area contributed by atoms with Gasteiger partial charge in [0.15, 0.2) is 11.9 Å². The zero-order valence-electron chi connectivity index (χ0n) is 12.3. The number of carbonyl (C=O) groups excluding carboxylic acids is 2. The van der Waals surface area contributed by atoms with Crippen molar-refractivity contribution in [2.75, 3.05) is 0 Å². The van der Waals surface area contributed by atoms with Crippen LogP contribution in [-0.4, -0.2) is 17.9 Å². The van der Waals surface area contributed by atoms with E-state index in [2.05, 4.69) is 0 Å². The van der Waals surface area contributed by atoms with Crippen molar-refractivity contribution >= 4 is 40.5 Å². The summed E-state index contributed by atoms with van der Waals surface area (Å²) in [6, 6.07) is 4.91. The fraction of sp³-hybridized carbons (Fsp3) is 0.375. The predicted octanol–water partition coefficient (Wildman–Crippen LogP) is 4.31. The van der Waals surface area contributed by atoms with E-state index in [-0.39, 0.29) is 5.78 Å². The fourth-order valence-electron chi connectivity index (χ4n) is 2.19. The Morgan fingerprint density at radius 1 is 1.19 bits per heavy atom. The van der Waals surface area contributed by atoms with Crippen LogP contribution in [0.5, 0.6) is 0 Å². The lowest BCUT2D eigenvalue weighted by Crippen LogP contribution is -2.33. The van der Waals surface area contributed by atoms with Crippen LogP contribution in [-0.2, 0) is 14.3 Å². The summed E-state index contributed by atoms with van der Waals surface area (Å²) in [5.41, 5.74) is 1.02. The summed E-state index contributed by atoms with van der Waals surface area (Å²) in [4.78, 5) is 24.5. The molecular weight excluding hydrogens is 311 g/mol. The molecule has 1 aliphatic heterocycles. The summed E-state index contributed by atoms with van der Waals surface area (Å²) in [7, 11) is 0. The second kappa shape index (κ2) is 5.47. The molecule has 0 radical (unpaired) electrons. The van der Waals surface area contributed by atoms with Gasteiger partial charge in [-0.25, -0.2) is 4.79 Å². The van der Waals surface area contributed by atoms with Crippen molar-refractivity contribution in [1.82, 2.24) is 0 Å². The number of esters is 1. The molecule has 1 aliphatic rings. The van der Waals surface area contributed by atoms with Gasteiger partial charge in [-0.1, -0.05) is 50.0 Å². The number of cyclic esters (lactones) is 1. The number of ketones is 1. The molecule has 1 aromatic rings. The van der Waals surface area contributed by atoms with Crippen molar-refractivity contribution in [2.45, 2.75) is 33.8 Å². The van der Waals surface area contributed by atoms with Crippen LogP contribution in [0.3, 0.4) is 0 Å². The van der Waals surface area contributed by atoms with Crippen LogP contribution in [0.2, 0.25) is 10.0 Å². The Kier molecular flexibility index (Phi) is 4.18. The first kappa shape index (κ1) is 16.1. The number of hydrogen-bond donors (Lipinski definition) is 0. The molecule has 0 fully saturated rings. The Hall–Kier alpha value is -1.32. The minimum Gasteiger partial charge on any atom is -0.446 e. The first-order valence-corrected chi connectivity index (χ1v) is 7.30. The molecule has 3 nitrogen and oxygen atoms in total. The zero-order valence-corrected chi connectivity index (χ0v) is 13.8. The second-order valence-corrected chi connectivity index (χ2v) is 6.90. The fourth-order valence-corrected chi connectivity index (χ4v) is 2.49. The molecule has 0 saturated heterocycles. The topological polar surface area (TPSA) is 43.4 Å². The minimum absolute atomic E-state index is 0.122. The third-order valence-electron chi connectivity index (χ3n) is 3.40. The average molecular weight is 327 g/mol. The normalized spacial score (nSPS) is 19.0. The van der Waals surface area contributed by atoms with E-state index in [1.807, 2.05) is 0 Å². The Bertz CT molecular complexity index is 654.